The van der Waals surface area contributed by atoms with Crippen molar-refractivity contribution in [2.24, 2.45) is 5.10 Å². The van der Waals surface area contributed by atoms with Crippen LogP contribution in [0.15, 0.2) is 53.6 Å². The number of rotatable bonds is 3. The van der Waals surface area contributed by atoms with E-state index in [0.29, 0.717) is 5.56 Å². The first-order chi connectivity index (χ1) is 11.8. The van der Waals surface area contributed by atoms with Gasteiger partial charge in [0.25, 0.3) is 0 Å². The average Bonchev–Trinajstić information content (AvgIpc) is 2.56. The molecule has 0 aliphatic heterocycles. The van der Waals surface area contributed by atoms with Crippen LogP contribution in [0, 0.1) is 6.92 Å². The molecule has 0 bridgehead atoms. The van der Waals surface area contributed by atoms with Crippen molar-refractivity contribution in [1.82, 2.24) is 5.43 Å². The first kappa shape index (κ1) is 18.2. The number of halogens is 3. The van der Waals surface area contributed by atoms with Crippen molar-refractivity contribution in [3.63, 3.8) is 0 Å². The van der Waals surface area contributed by atoms with Gasteiger partial charge in [0.05, 0.1) is 11.8 Å². The Morgan fingerprint density at radius 2 is 1.72 bits per heavy atom. The maximum Gasteiger partial charge on any atom is 0.416 e. The van der Waals surface area contributed by atoms with E-state index >= 15 is 0 Å². The number of hydrogen-bond donors (Lipinski definition) is 2. The summed E-state index contributed by atoms with van der Waals surface area (Å²) < 4.78 is 37.8. The molecular weight excluding hydrogens is 335 g/mol. The third-order valence-corrected chi connectivity index (χ3v) is 3.11. The fourth-order valence-electron chi connectivity index (χ4n) is 1.83. The number of amides is 2. The highest BCUT2D eigenvalue weighted by Gasteiger charge is 2.30. The quantitative estimate of drug-likeness (QED) is 0.508. The van der Waals surface area contributed by atoms with Crippen LogP contribution in [-0.4, -0.2) is 18.0 Å². The topological polar surface area (TPSA) is 70.6 Å². The summed E-state index contributed by atoms with van der Waals surface area (Å²) in [4.78, 5) is 23.3. The second-order valence-electron chi connectivity index (χ2n) is 5.14. The highest BCUT2D eigenvalue weighted by Crippen LogP contribution is 2.30. The van der Waals surface area contributed by atoms with Gasteiger partial charge < -0.3 is 5.32 Å². The summed E-state index contributed by atoms with van der Waals surface area (Å²) in [7, 11) is 0. The van der Waals surface area contributed by atoms with Crippen molar-refractivity contribution < 1.29 is 22.8 Å². The van der Waals surface area contributed by atoms with Gasteiger partial charge in [0, 0.05) is 5.69 Å². The zero-order valence-electron chi connectivity index (χ0n) is 13.1. The lowest BCUT2D eigenvalue weighted by Crippen LogP contribution is -2.32. The van der Waals surface area contributed by atoms with Crippen LogP contribution in [0.4, 0.5) is 18.9 Å². The maximum absolute atomic E-state index is 12.6. The zero-order valence-corrected chi connectivity index (χ0v) is 13.1. The minimum absolute atomic E-state index is 0.141. The van der Waals surface area contributed by atoms with Gasteiger partial charge in [-0.25, -0.2) is 5.43 Å². The van der Waals surface area contributed by atoms with E-state index in [9.17, 15) is 22.8 Å². The van der Waals surface area contributed by atoms with E-state index in [2.05, 4.69) is 10.4 Å². The standard InChI is InChI=1S/C17H14F3N3O2/c1-11-5-7-12(8-6-11)10-21-23-16(25)15(24)22-14-4-2-3-13(9-14)17(18,19)20/h2-10H,1H3,(H,22,24)(H,23,25). The molecule has 0 saturated carbocycles. The van der Waals surface area contributed by atoms with Crippen LogP contribution in [0.3, 0.4) is 0 Å². The first-order valence-corrected chi connectivity index (χ1v) is 7.14. The molecule has 2 amide bonds. The molecule has 0 spiro atoms. The number of hydrazone groups is 1. The average molecular weight is 349 g/mol. The van der Waals surface area contributed by atoms with Gasteiger partial charge in [-0.1, -0.05) is 35.9 Å². The lowest BCUT2D eigenvalue weighted by atomic mass is 10.2. The number of aryl methyl sites for hydroxylation is 1. The molecule has 0 atom stereocenters. The van der Waals surface area contributed by atoms with Gasteiger partial charge in [-0.2, -0.15) is 18.3 Å². The molecule has 0 unspecified atom stereocenters. The fraction of sp³-hybridized carbons (Fsp3) is 0.118. The predicted molar refractivity (Wildman–Crippen MR) is 87.0 cm³/mol. The summed E-state index contributed by atoms with van der Waals surface area (Å²) in [6.07, 6.45) is -3.20. The number of carbonyl (C=O) groups excluding carboxylic acids is 2. The molecule has 0 aliphatic rings. The van der Waals surface area contributed by atoms with Crippen LogP contribution in [0.2, 0.25) is 0 Å². The minimum Gasteiger partial charge on any atom is -0.318 e. The number of carbonyl (C=O) groups is 2. The second kappa shape index (κ2) is 7.61. The maximum atomic E-state index is 12.6. The Balaban J connectivity index is 1.94. The highest BCUT2D eigenvalue weighted by molar-refractivity contribution is 6.39. The Kier molecular flexibility index (Phi) is 5.53. The molecule has 2 rings (SSSR count). The number of alkyl halides is 3. The van der Waals surface area contributed by atoms with Crippen LogP contribution in [-0.2, 0) is 15.8 Å². The van der Waals surface area contributed by atoms with E-state index in [0.717, 1.165) is 23.8 Å². The van der Waals surface area contributed by atoms with Crippen molar-refractivity contribution >= 4 is 23.7 Å². The number of nitrogens with zero attached hydrogens (tertiary/aromatic N) is 1. The van der Waals surface area contributed by atoms with Gasteiger partial charge >= 0.3 is 18.0 Å². The molecule has 0 aliphatic carbocycles. The molecule has 2 N–H and O–H groups in total. The van der Waals surface area contributed by atoms with Crippen molar-refractivity contribution in [2.45, 2.75) is 13.1 Å². The third-order valence-electron chi connectivity index (χ3n) is 3.11. The Bertz CT molecular complexity index is 800. The number of nitrogens with one attached hydrogen (secondary N) is 2. The van der Waals surface area contributed by atoms with Crippen LogP contribution in [0.1, 0.15) is 16.7 Å². The van der Waals surface area contributed by atoms with Gasteiger partial charge in [0.1, 0.15) is 0 Å². The van der Waals surface area contributed by atoms with Gasteiger partial charge in [0.2, 0.25) is 0 Å². The SMILES string of the molecule is Cc1ccc(C=NNC(=O)C(=O)Nc2cccc(C(F)(F)F)c2)cc1. The van der Waals surface area contributed by atoms with Crippen LogP contribution in [0.5, 0.6) is 0 Å². The second-order valence-corrected chi connectivity index (χ2v) is 5.14. The first-order valence-electron chi connectivity index (χ1n) is 7.14. The molecule has 0 saturated heterocycles. The molecule has 5 nitrogen and oxygen atoms in total. The van der Waals surface area contributed by atoms with E-state index in [1.54, 1.807) is 12.1 Å². The summed E-state index contributed by atoms with van der Waals surface area (Å²) in [6, 6.07) is 11.2. The normalized spacial score (nSPS) is 11.4. The molecule has 0 aromatic heterocycles. The Labute approximate surface area is 141 Å². The van der Waals surface area contributed by atoms with E-state index < -0.39 is 23.6 Å². The summed E-state index contributed by atoms with van der Waals surface area (Å²) in [5.74, 6) is -2.22. The summed E-state index contributed by atoms with van der Waals surface area (Å²) in [6.45, 7) is 1.92. The fourth-order valence-corrected chi connectivity index (χ4v) is 1.83. The van der Waals surface area contributed by atoms with Crippen molar-refractivity contribution in [1.29, 1.82) is 0 Å². The molecule has 0 heterocycles. The Hall–Kier alpha value is -3.16. The number of hydrogen-bond acceptors (Lipinski definition) is 3. The summed E-state index contributed by atoms with van der Waals surface area (Å²) >= 11 is 0. The largest absolute Gasteiger partial charge is 0.416 e. The van der Waals surface area contributed by atoms with E-state index in [1.165, 1.54) is 12.3 Å². The molecule has 2 aromatic carbocycles. The summed E-state index contributed by atoms with van der Waals surface area (Å²) in [5.41, 5.74) is 2.71. The van der Waals surface area contributed by atoms with Crippen LogP contribution < -0.4 is 10.7 Å². The van der Waals surface area contributed by atoms with E-state index in [4.69, 9.17) is 0 Å². The molecule has 2 aromatic rings. The molecular formula is C17H14F3N3O2. The van der Waals surface area contributed by atoms with Gasteiger partial charge in [0.15, 0.2) is 0 Å². The Morgan fingerprint density at radius 3 is 2.36 bits per heavy atom. The smallest absolute Gasteiger partial charge is 0.318 e. The number of benzene rings is 2. The predicted octanol–water partition coefficient (Wildman–Crippen LogP) is 3.10. The molecule has 25 heavy (non-hydrogen) atoms. The van der Waals surface area contributed by atoms with Crippen LogP contribution in [0.25, 0.3) is 0 Å². The monoisotopic (exact) mass is 349 g/mol. The van der Waals surface area contributed by atoms with Crippen molar-refractivity contribution in [2.75, 3.05) is 5.32 Å². The molecule has 0 radical (unpaired) electrons. The summed E-state index contributed by atoms with van der Waals surface area (Å²) in [5, 5.41) is 5.71. The molecule has 0 fully saturated rings. The number of anilines is 1. The lowest BCUT2D eigenvalue weighted by molar-refractivity contribution is -0.137. The van der Waals surface area contributed by atoms with Gasteiger partial charge in [-0.15, -0.1) is 0 Å². The highest BCUT2D eigenvalue weighted by atomic mass is 19.4. The van der Waals surface area contributed by atoms with Crippen molar-refractivity contribution in [3.05, 3.63) is 65.2 Å². The van der Waals surface area contributed by atoms with Crippen LogP contribution >= 0.6 is 0 Å². The minimum atomic E-state index is -4.54. The zero-order chi connectivity index (χ0) is 18.4. The lowest BCUT2D eigenvalue weighted by Gasteiger charge is -2.09. The van der Waals surface area contributed by atoms with E-state index in [1.807, 2.05) is 24.5 Å². The van der Waals surface area contributed by atoms with Gasteiger partial charge in [-0.3, -0.25) is 9.59 Å². The van der Waals surface area contributed by atoms with Crippen molar-refractivity contribution in [3.8, 4) is 0 Å². The molecule has 8 heteroatoms. The Morgan fingerprint density at radius 1 is 1.04 bits per heavy atom. The van der Waals surface area contributed by atoms with Gasteiger partial charge in [-0.05, 0) is 30.7 Å². The molecule has 130 valence electrons. The van der Waals surface area contributed by atoms with E-state index in [-0.39, 0.29) is 5.69 Å². The third kappa shape index (κ3) is 5.45.